The Morgan fingerprint density at radius 3 is 2.83 bits per heavy atom. The Kier molecular flexibility index (Phi) is 3.71. The number of aromatic nitrogens is 2. The molecule has 1 aromatic heterocycles. The summed E-state index contributed by atoms with van der Waals surface area (Å²) >= 11 is 0. The summed E-state index contributed by atoms with van der Waals surface area (Å²) in [4.78, 5) is 13.3. The molecule has 1 atom stereocenters. The maximum atomic E-state index is 11.0. The molecular formula is C13H21N3O2. The molecule has 1 aliphatic heterocycles. The van der Waals surface area contributed by atoms with Crippen molar-refractivity contribution in [1.29, 1.82) is 0 Å². The minimum atomic E-state index is -0.945. The fourth-order valence-corrected chi connectivity index (χ4v) is 2.64. The molecule has 0 radical (unpaired) electrons. The van der Waals surface area contributed by atoms with E-state index in [1.807, 2.05) is 18.5 Å². The second-order valence-electron chi connectivity index (χ2n) is 5.40. The number of carboxylic acids is 1. The summed E-state index contributed by atoms with van der Waals surface area (Å²) in [5, 5.41) is 13.3. The van der Waals surface area contributed by atoms with E-state index in [9.17, 15) is 4.79 Å². The first-order valence-electron chi connectivity index (χ1n) is 6.50. The SMILES string of the molecule is CC(C)n1nc(C(=O)O)cc1C1CCCN(C)C1. The average Bonchev–Trinajstić information content (AvgIpc) is 2.73. The fraction of sp³-hybridized carbons (Fsp3) is 0.692. The number of hydrogen-bond donors (Lipinski definition) is 1. The zero-order valence-electron chi connectivity index (χ0n) is 11.3. The van der Waals surface area contributed by atoms with Crippen LogP contribution in [0.4, 0.5) is 0 Å². The predicted molar refractivity (Wildman–Crippen MR) is 69.0 cm³/mol. The van der Waals surface area contributed by atoms with E-state index in [0.29, 0.717) is 5.92 Å². The largest absolute Gasteiger partial charge is 0.476 e. The third-order valence-electron chi connectivity index (χ3n) is 3.52. The number of likely N-dealkylation sites (tertiary alicyclic amines) is 1. The summed E-state index contributed by atoms with van der Waals surface area (Å²) in [5.41, 5.74) is 1.22. The van der Waals surface area contributed by atoms with Gasteiger partial charge in [-0.05, 0) is 46.3 Å². The van der Waals surface area contributed by atoms with Gasteiger partial charge in [0.1, 0.15) is 0 Å². The quantitative estimate of drug-likeness (QED) is 0.892. The molecule has 1 aromatic rings. The Hall–Kier alpha value is -1.36. The maximum absolute atomic E-state index is 11.0. The molecule has 0 saturated carbocycles. The molecule has 0 bridgehead atoms. The summed E-state index contributed by atoms with van der Waals surface area (Å²) in [6.45, 7) is 6.18. The van der Waals surface area contributed by atoms with Gasteiger partial charge in [0.25, 0.3) is 0 Å². The normalized spacial score (nSPS) is 21.4. The molecule has 18 heavy (non-hydrogen) atoms. The summed E-state index contributed by atoms with van der Waals surface area (Å²) in [7, 11) is 2.11. The van der Waals surface area contributed by atoms with Crippen LogP contribution in [0.3, 0.4) is 0 Å². The van der Waals surface area contributed by atoms with Gasteiger partial charge >= 0.3 is 5.97 Å². The van der Waals surface area contributed by atoms with Crippen LogP contribution in [0.2, 0.25) is 0 Å². The highest BCUT2D eigenvalue weighted by atomic mass is 16.4. The lowest BCUT2D eigenvalue weighted by atomic mass is 9.94. The van der Waals surface area contributed by atoms with Gasteiger partial charge in [-0.25, -0.2) is 4.79 Å². The van der Waals surface area contributed by atoms with Crippen molar-refractivity contribution in [1.82, 2.24) is 14.7 Å². The third kappa shape index (κ3) is 2.56. The molecule has 5 nitrogen and oxygen atoms in total. The van der Waals surface area contributed by atoms with Crippen molar-refractivity contribution in [2.45, 2.75) is 38.6 Å². The second kappa shape index (κ2) is 5.10. The van der Waals surface area contributed by atoms with Crippen molar-refractivity contribution in [3.8, 4) is 0 Å². The Morgan fingerprint density at radius 1 is 1.56 bits per heavy atom. The second-order valence-corrected chi connectivity index (χ2v) is 5.40. The fourth-order valence-electron chi connectivity index (χ4n) is 2.64. The van der Waals surface area contributed by atoms with E-state index < -0.39 is 5.97 Å². The summed E-state index contributed by atoms with van der Waals surface area (Å²) < 4.78 is 1.87. The standard InChI is InChI=1S/C13H21N3O2/c1-9(2)16-12(7-11(14-16)13(17)18)10-5-4-6-15(3)8-10/h7,9-10H,4-6,8H2,1-3H3,(H,17,18). The first kappa shape index (κ1) is 13.1. The Labute approximate surface area is 107 Å². The minimum Gasteiger partial charge on any atom is -0.476 e. The van der Waals surface area contributed by atoms with Gasteiger partial charge < -0.3 is 10.0 Å². The molecular weight excluding hydrogens is 230 g/mol. The Morgan fingerprint density at radius 2 is 2.28 bits per heavy atom. The molecule has 2 heterocycles. The van der Waals surface area contributed by atoms with Crippen LogP contribution in [0.5, 0.6) is 0 Å². The summed E-state index contributed by atoms with van der Waals surface area (Å²) in [6.07, 6.45) is 2.27. The lowest BCUT2D eigenvalue weighted by Crippen LogP contribution is -2.32. The molecule has 0 aliphatic carbocycles. The molecule has 100 valence electrons. The first-order valence-corrected chi connectivity index (χ1v) is 6.50. The van der Waals surface area contributed by atoms with Crippen LogP contribution < -0.4 is 0 Å². The number of hydrogen-bond acceptors (Lipinski definition) is 3. The van der Waals surface area contributed by atoms with Crippen LogP contribution >= 0.6 is 0 Å². The van der Waals surface area contributed by atoms with Crippen molar-refractivity contribution in [2.24, 2.45) is 0 Å². The topological polar surface area (TPSA) is 58.4 Å². The Balaban J connectivity index is 2.32. The molecule has 1 fully saturated rings. The number of carboxylic acid groups (broad SMARTS) is 1. The molecule has 1 aliphatic rings. The van der Waals surface area contributed by atoms with Crippen LogP contribution in [0, 0.1) is 0 Å². The van der Waals surface area contributed by atoms with E-state index in [4.69, 9.17) is 5.11 Å². The van der Waals surface area contributed by atoms with Crippen molar-refractivity contribution in [3.05, 3.63) is 17.5 Å². The van der Waals surface area contributed by atoms with E-state index in [1.165, 1.54) is 0 Å². The molecule has 0 aromatic carbocycles. The van der Waals surface area contributed by atoms with Gasteiger partial charge in [-0.2, -0.15) is 5.10 Å². The van der Waals surface area contributed by atoms with Gasteiger partial charge in [-0.15, -0.1) is 0 Å². The highest BCUT2D eigenvalue weighted by molar-refractivity contribution is 5.85. The molecule has 5 heteroatoms. The van der Waals surface area contributed by atoms with E-state index >= 15 is 0 Å². The number of likely N-dealkylation sites (N-methyl/N-ethyl adjacent to an activating group) is 1. The number of carbonyl (C=O) groups is 1. The van der Waals surface area contributed by atoms with Gasteiger partial charge in [0.15, 0.2) is 5.69 Å². The smallest absolute Gasteiger partial charge is 0.356 e. The van der Waals surface area contributed by atoms with Crippen molar-refractivity contribution in [3.63, 3.8) is 0 Å². The number of piperidine rings is 1. The van der Waals surface area contributed by atoms with Crippen molar-refractivity contribution >= 4 is 5.97 Å². The molecule has 0 spiro atoms. The molecule has 1 unspecified atom stereocenters. The van der Waals surface area contributed by atoms with Crippen LogP contribution in [-0.4, -0.2) is 45.9 Å². The lowest BCUT2D eigenvalue weighted by molar-refractivity contribution is 0.0689. The van der Waals surface area contributed by atoms with E-state index in [0.717, 1.165) is 31.6 Å². The monoisotopic (exact) mass is 251 g/mol. The van der Waals surface area contributed by atoms with Gasteiger partial charge in [0.2, 0.25) is 0 Å². The van der Waals surface area contributed by atoms with Crippen molar-refractivity contribution < 1.29 is 9.90 Å². The van der Waals surface area contributed by atoms with Gasteiger partial charge in [0.05, 0.1) is 0 Å². The highest BCUT2D eigenvalue weighted by Gasteiger charge is 2.25. The van der Waals surface area contributed by atoms with E-state index in [1.54, 1.807) is 6.07 Å². The maximum Gasteiger partial charge on any atom is 0.356 e. The van der Waals surface area contributed by atoms with E-state index in [-0.39, 0.29) is 11.7 Å². The van der Waals surface area contributed by atoms with Gasteiger partial charge in [-0.3, -0.25) is 4.68 Å². The lowest BCUT2D eigenvalue weighted by Gasteiger charge is -2.30. The molecule has 1 N–H and O–H groups in total. The van der Waals surface area contributed by atoms with Crippen LogP contribution in [0.1, 0.15) is 54.8 Å². The van der Waals surface area contributed by atoms with Gasteiger partial charge in [0, 0.05) is 24.2 Å². The van der Waals surface area contributed by atoms with Crippen LogP contribution in [0.25, 0.3) is 0 Å². The van der Waals surface area contributed by atoms with Gasteiger partial charge in [-0.1, -0.05) is 0 Å². The molecule has 0 amide bonds. The number of nitrogens with zero attached hydrogens (tertiary/aromatic N) is 3. The number of rotatable bonds is 3. The third-order valence-corrected chi connectivity index (χ3v) is 3.52. The Bertz CT molecular complexity index is 439. The zero-order chi connectivity index (χ0) is 13.3. The first-order chi connectivity index (χ1) is 8.49. The van der Waals surface area contributed by atoms with Crippen molar-refractivity contribution in [2.75, 3.05) is 20.1 Å². The average molecular weight is 251 g/mol. The summed E-state index contributed by atoms with van der Waals surface area (Å²) in [6, 6.07) is 1.94. The van der Waals surface area contributed by atoms with E-state index in [2.05, 4.69) is 17.0 Å². The van der Waals surface area contributed by atoms with Crippen LogP contribution in [-0.2, 0) is 0 Å². The number of aromatic carboxylic acids is 1. The summed E-state index contributed by atoms with van der Waals surface area (Å²) in [5.74, 6) is -0.549. The minimum absolute atomic E-state index is 0.159. The van der Waals surface area contributed by atoms with Crippen LogP contribution in [0.15, 0.2) is 6.07 Å². The predicted octanol–water partition coefficient (Wildman–Crippen LogP) is 1.97. The molecule has 1 saturated heterocycles. The highest BCUT2D eigenvalue weighted by Crippen LogP contribution is 2.28. The molecule has 2 rings (SSSR count). The zero-order valence-corrected chi connectivity index (χ0v) is 11.3.